The van der Waals surface area contributed by atoms with Crippen LogP contribution in [0, 0.1) is 11.3 Å². The number of amides is 1. The van der Waals surface area contributed by atoms with Crippen LogP contribution in [0.25, 0.3) is 11.1 Å². The lowest BCUT2D eigenvalue weighted by molar-refractivity contribution is -0.138. The van der Waals surface area contributed by atoms with E-state index in [0.717, 1.165) is 12.8 Å². The third kappa shape index (κ3) is 2.77. The van der Waals surface area contributed by atoms with E-state index in [1.54, 1.807) is 4.90 Å². The average molecular weight is 377 g/mol. The zero-order valence-corrected chi connectivity index (χ0v) is 15.6. The van der Waals surface area contributed by atoms with Crippen LogP contribution in [0.15, 0.2) is 48.5 Å². The molecule has 1 saturated heterocycles. The predicted octanol–water partition coefficient (Wildman–Crippen LogP) is 4.12. The molecule has 5 heteroatoms. The molecule has 0 bridgehead atoms. The quantitative estimate of drug-likeness (QED) is 0.870. The first-order chi connectivity index (χ1) is 13.6. The van der Waals surface area contributed by atoms with Gasteiger partial charge >= 0.3 is 12.1 Å². The molecule has 1 amide bonds. The number of hydrogen-bond donors (Lipinski definition) is 1. The zero-order chi connectivity index (χ0) is 19.3. The number of nitrogens with zero attached hydrogens (tertiary/aromatic N) is 1. The van der Waals surface area contributed by atoms with Crippen LogP contribution >= 0.6 is 0 Å². The fourth-order valence-electron chi connectivity index (χ4n) is 5.08. The van der Waals surface area contributed by atoms with Gasteiger partial charge in [0.05, 0.1) is 6.42 Å². The summed E-state index contributed by atoms with van der Waals surface area (Å²) in [6.45, 7) is 1.42. The van der Waals surface area contributed by atoms with Crippen molar-refractivity contribution in [1.29, 1.82) is 0 Å². The van der Waals surface area contributed by atoms with E-state index in [0.29, 0.717) is 19.7 Å². The smallest absolute Gasteiger partial charge is 0.409 e. The van der Waals surface area contributed by atoms with Crippen LogP contribution in [0.2, 0.25) is 0 Å². The van der Waals surface area contributed by atoms with Crippen molar-refractivity contribution in [1.82, 2.24) is 4.90 Å². The van der Waals surface area contributed by atoms with E-state index in [2.05, 4.69) is 24.3 Å². The molecule has 1 N–H and O–H groups in total. The average Bonchev–Trinajstić information content (AvgIpc) is 3.29. The van der Waals surface area contributed by atoms with Crippen molar-refractivity contribution in [2.24, 2.45) is 11.3 Å². The van der Waals surface area contributed by atoms with Crippen molar-refractivity contribution in [3.8, 4) is 11.1 Å². The summed E-state index contributed by atoms with van der Waals surface area (Å²) in [5, 5.41) is 9.16. The molecule has 1 atom stereocenters. The number of likely N-dealkylation sites (tertiary alicyclic amines) is 1. The number of carbonyl (C=O) groups is 2. The third-order valence-electron chi connectivity index (χ3n) is 6.72. The number of rotatable bonds is 4. The minimum Gasteiger partial charge on any atom is -0.481 e. The van der Waals surface area contributed by atoms with Gasteiger partial charge in [-0.2, -0.15) is 0 Å². The Morgan fingerprint density at radius 3 is 2.21 bits per heavy atom. The molecule has 1 spiro atoms. The van der Waals surface area contributed by atoms with E-state index in [1.165, 1.54) is 22.3 Å². The van der Waals surface area contributed by atoms with Crippen LogP contribution in [0.3, 0.4) is 0 Å². The largest absolute Gasteiger partial charge is 0.481 e. The summed E-state index contributed by atoms with van der Waals surface area (Å²) < 4.78 is 5.74. The van der Waals surface area contributed by atoms with Gasteiger partial charge in [-0.05, 0) is 46.4 Å². The molecule has 5 nitrogen and oxygen atoms in total. The second kappa shape index (κ2) is 6.36. The minimum atomic E-state index is -0.786. The number of carboxylic acids is 1. The standard InChI is InChI=1S/C23H23NO4/c25-21(26)11-15-12-24(14-23(15)9-10-23)22(27)28-13-20-18-7-3-1-5-16(18)17-6-2-4-8-19(17)20/h1-8,15,20H,9-14H2,(H,25,26). The maximum Gasteiger partial charge on any atom is 0.409 e. The highest BCUT2D eigenvalue weighted by atomic mass is 16.6. The molecule has 3 aliphatic rings. The van der Waals surface area contributed by atoms with Gasteiger partial charge in [-0.25, -0.2) is 4.79 Å². The molecular formula is C23H23NO4. The van der Waals surface area contributed by atoms with Gasteiger partial charge in [0.2, 0.25) is 0 Å². The zero-order valence-electron chi connectivity index (χ0n) is 15.6. The number of carbonyl (C=O) groups excluding carboxylic acids is 1. The topological polar surface area (TPSA) is 66.8 Å². The van der Waals surface area contributed by atoms with Crippen molar-refractivity contribution in [3.63, 3.8) is 0 Å². The molecule has 2 aromatic carbocycles. The summed E-state index contributed by atoms with van der Waals surface area (Å²) in [5.41, 5.74) is 4.82. The van der Waals surface area contributed by atoms with Gasteiger partial charge in [0.1, 0.15) is 6.61 Å². The van der Waals surface area contributed by atoms with Gasteiger partial charge < -0.3 is 14.7 Å². The summed E-state index contributed by atoms with van der Waals surface area (Å²) in [7, 11) is 0. The van der Waals surface area contributed by atoms with Crippen molar-refractivity contribution in [3.05, 3.63) is 59.7 Å². The van der Waals surface area contributed by atoms with E-state index in [4.69, 9.17) is 9.84 Å². The first-order valence-electron chi connectivity index (χ1n) is 9.89. The molecular weight excluding hydrogens is 354 g/mol. The van der Waals surface area contributed by atoms with Crippen LogP contribution in [0.4, 0.5) is 4.79 Å². The van der Waals surface area contributed by atoms with Crippen molar-refractivity contribution in [2.75, 3.05) is 19.7 Å². The van der Waals surface area contributed by atoms with Crippen molar-refractivity contribution < 1.29 is 19.4 Å². The lowest BCUT2D eigenvalue weighted by Gasteiger charge is -2.19. The highest BCUT2D eigenvalue weighted by Gasteiger charge is 2.56. The van der Waals surface area contributed by atoms with Crippen LogP contribution in [0.5, 0.6) is 0 Å². The summed E-state index contributed by atoms with van der Waals surface area (Å²) >= 11 is 0. The Labute approximate surface area is 163 Å². The van der Waals surface area contributed by atoms with E-state index in [-0.39, 0.29) is 29.8 Å². The SMILES string of the molecule is O=C(O)CC1CN(C(=O)OCC2c3ccccc3-c3ccccc32)CC12CC2. The van der Waals surface area contributed by atoms with Crippen LogP contribution in [-0.2, 0) is 9.53 Å². The lowest BCUT2D eigenvalue weighted by Crippen LogP contribution is -2.31. The molecule has 2 aromatic rings. The summed E-state index contributed by atoms with van der Waals surface area (Å²) in [5.74, 6) is -0.695. The molecule has 1 saturated carbocycles. The van der Waals surface area contributed by atoms with Crippen LogP contribution in [0.1, 0.15) is 36.3 Å². The maximum absolute atomic E-state index is 12.7. The van der Waals surface area contributed by atoms with Crippen molar-refractivity contribution >= 4 is 12.1 Å². The Kier molecular flexibility index (Phi) is 3.93. The Morgan fingerprint density at radius 2 is 1.64 bits per heavy atom. The van der Waals surface area contributed by atoms with Gasteiger partial charge in [-0.1, -0.05) is 48.5 Å². The summed E-state index contributed by atoms with van der Waals surface area (Å²) in [6.07, 6.45) is 1.84. The van der Waals surface area contributed by atoms with E-state index < -0.39 is 5.97 Å². The molecule has 5 rings (SSSR count). The van der Waals surface area contributed by atoms with Crippen LogP contribution in [-0.4, -0.2) is 41.8 Å². The second-order valence-electron chi connectivity index (χ2n) is 8.34. The molecule has 0 radical (unpaired) electrons. The Bertz CT molecular complexity index is 904. The van der Waals surface area contributed by atoms with Crippen LogP contribution < -0.4 is 0 Å². The molecule has 2 aliphatic carbocycles. The third-order valence-corrected chi connectivity index (χ3v) is 6.72. The summed E-state index contributed by atoms with van der Waals surface area (Å²) in [4.78, 5) is 25.6. The molecule has 0 aromatic heterocycles. The fourth-order valence-corrected chi connectivity index (χ4v) is 5.08. The van der Waals surface area contributed by atoms with Gasteiger partial charge in [-0.3, -0.25) is 4.79 Å². The lowest BCUT2D eigenvalue weighted by atomic mass is 9.90. The second-order valence-corrected chi connectivity index (χ2v) is 8.34. The van der Waals surface area contributed by atoms with Crippen molar-refractivity contribution in [2.45, 2.75) is 25.2 Å². The minimum absolute atomic E-state index is 0.0178. The predicted molar refractivity (Wildman–Crippen MR) is 104 cm³/mol. The van der Waals surface area contributed by atoms with E-state index in [9.17, 15) is 9.59 Å². The maximum atomic E-state index is 12.7. The number of aliphatic carboxylic acids is 1. The van der Waals surface area contributed by atoms with Gasteiger partial charge in [0.15, 0.2) is 0 Å². The Hall–Kier alpha value is -2.82. The first-order valence-corrected chi connectivity index (χ1v) is 9.89. The highest BCUT2D eigenvalue weighted by Crippen LogP contribution is 2.57. The normalized spacial score (nSPS) is 21.4. The molecule has 28 heavy (non-hydrogen) atoms. The fraction of sp³-hybridized carbons (Fsp3) is 0.391. The molecule has 2 fully saturated rings. The number of fused-ring (bicyclic) bond motifs is 3. The molecule has 144 valence electrons. The molecule has 1 aliphatic heterocycles. The summed E-state index contributed by atoms with van der Waals surface area (Å²) in [6, 6.07) is 16.5. The first kappa shape index (κ1) is 17.3. The van der Waals surface area contributed by atoms with Gasteiger partial charge in [0.25, 0.3) is 0 Å². The van der Waals surface area contributed by atoms with Gasteiger partial charge in [0, 0.05) is 19.0 Å². The number of carboxylic acid groups (broad SMARTS) is 1. The Morgan fingerprint density at radius 1 is 1.04 bits per heavy atom. The van der Waals surface area contributed by atoms with E-state index >= 15 is 0 Å². The number of benzene rings is 2. The number of hydrogen-bond acceptors (Lipinski definition) is 3. The van der Waals surface area contributed by atoms with E-state index in [1.807, 2.05) is 24.3 Å². The highest BCUT2D eigenvalue weighted by molar-refractivity contribution is 5.79. The number of ether oxygens (including phenoxy) is 1. The molecule has 1 unspecified atom stereocenters. The van der Waals surface area contributed by atoms with Gasteiger partial charge in [-0.15, -0.1) is 0 Å². The molecule has 1 heterocycles. The Balaban J connectivity index is 1.29. The monoisotopic (exact) mass is 377 g/mol.